The van der Waals surface area contributed by atoms with E-state index in [0.717, 1.165) is 0 Å². The van der Waals surface area contributed by atoms with Crippen LogP contribution in [0.5, 0.6) is 0 Å². The summed E-state index contributed by atoms with van der Waals surface area (Å²) in [5.74, 6) is 0.654. The fourth-order valence-electron chi connectivity index (χ4n) is 0.855. The zero-order valence-electron chi connectivity index (χ0n) is 7.36. The second-order valence-corrected chi connectivity index (χ2v) is 4.55. The molecule has 1 rings (SSSR count). The van der Waals surface area contributed by atoms with E-state index in [9.17, 15) is 8.42 Å². The summed E-state index contributed by atoms with van der Waals surface area (Å²) in [4.78, 5) is 0. The minimum atomic E-state index is -3.15. The highest BCUT2D eigenvalue weighted by Crippen LogP contribution is 1.97. The Hall–Kier alpha value is -0.880. The lowest BCUT2D eigenvalue weighted by atomic mass is 10.5. The smallest absolute Gasteiger partial charge is 0.211 e. The van der Waals surface area contributed by atoms with Gasteiger partial charge in [-0.05, 0) is 6.42 Å². The van der Waals surface area contributed by atoms with Gasteiger partial charge in [0.05, 0.1) is 18.5 Å². The summed E-state index contributed by atoms with van der Waals surface area (Å²) in [6.45, 7) is 1.98. The molecule has 0 radical (unpaired) electrons. The number of nitrogens with zero attached hydrogens (tertiary/aromatic N) is 1. The van der Waals surface area contributed by atoms with Crippen LogP contribution in [0.2, 0.25) is 0 Å². The van der Waals surface area contributed by atoms with Crippen LogP contribution in [0, 0.1) is 0 Å². The molecule has 1 aromatic heterocycles. The van der Waals surface area contributed by atoms with Gasteiger partial charge in [0.1, 0.15) is 0 Å². The molecule has 0 bridgehead atoms. The molecule has 0 spiro atoms. The largest absolute Gasteiger partial charge is 0.360 e. The second-order valence-electron chi connectivity index (χ2n) is 2.62. The third kappa shape index (κ3) is 3.56. The van der Waals surface area contributed by atoms with Crippen LogP contribution in [0.4, 0.5) is 0 Å². The Bertz CT molecular complexity index is 331. The lowest BCUT2D eigenvalue weighted by molar-refractivity contribution is 0.380. The molecule has 13 heavy (non-hydrogen) atoms. The number of rotatable bonds is 5. The third-order valence-electron chi connectivity index (χ3n) is 1.43. The summed E-state index contributed by atoms with van der Waals surface area (Å²) in [6.07, 6.45) is 2.08. The Morgan fingerprint density at radius 1 is 1.62 bits per heavy atom. The van der Waals surface area contributed by atoms with Crippen LogP contribution in [-0.2, 0) is 16.6 Å². The van der Waals surface area contributed by atoms with Gasteiger partial charge in [-0.2, -0.15) is 0 Å². The van der Waals surface area contributed by atoms with Crippen LogP contribution in [0.15, 0.2) is 16.8 Å². The summed E-state index contributed by atoms with van der Waals surface area (Å²) in [5.41, 5.74) is 0. The molecule has 0 aliphatic heterocycles. The van der Waals surface area contributed by atoms with E-state index in [1.165, 1.54) is 6.20 Å². The van der Waals surface area contributed by atoms with Crippen molar-refractivity contribution in [3.63, 3.8) is 0 Å². The molecule has 74 valence electrons. The number of nitrogens with one attached hydrogen (secondary N) is 1. The van der Waals surface area contributed by atoms with E-state index in [4.69, 9.17) is 4.52 Å². The van der Waals surface area contributed by atoms with Gasteiger partial charge in [-0.25, -0.2) is 13.1 Å². The number of hydrogen-bond acceptors (Lipinski definition) is 4. The standard InChI is InChI=1S/C7H12N2O3S/c1-2-5-13(10,11)9-6-7-3-4-8-12-7/h3-4,9H,2,5-6H2,1H3. The number of aromatic nitrogens is 1. The first kappa shape index (κ1) is 10.2. The fourth-order valence-corrected chi connectivity index (χ4v) is 1.90. The number of hydrogen-bond donors (Lipinski definition) is 1. The summed E-state index contributed by atoms with van der Waals surface area (Å²) < 4.78 is 29.4. The topological polar surface area (TPSA) is 72.2 Å². The first-order valence-corrected chi connectivity index (χ1v) is 5.66. The molecule has 1 aromatic rings. The van der Waals surface area contributed by atoms with Crippen molar-refractivity contribution in [3.8, 4) is 0 Å². The van der Waals surface area contributed by atoms with Crippen molar-refractivity contribution in [1.82, 2.24) is 9.88 Å². The third-order valence-corrected chi connectivity index (χ3v) is 2.96. The van der Waals surface area contributed by atoms with Gasteiger partial charge in [-0.1, -0.05) is 12.1 Å². The van der Waals surface area contributed by atoms with Gasteiger partial charge in [0.2, 0.25) is 10.0 Å². The first-order valence-electron chi connectivity index (χ1n) is 4.01. The molecule has 0 unspecified atom stereocenters. The summed E-state index contributed by atoms with van der Waals surface area (Å²) in [6, 6.07) is 1.62. The van der Waals surface area contributed by atoms with Gasteiger partial charge >= 0.3 is 0 Å². The van der Waals surface area contributed by atoms with Crippen molar-refractivity contribution in [2.75, 3.05) is 5.75 Å². The molecule has 6 heteroatoms. The molecule has 0 fully saturated rings. The average molecular weight is 204 g/mol. The van der Waals surface area contributed by atoms with Crippen molar-refractivity contribution in [3.05, 3.63) is 18.0 Å². The van der Waals surface area contributed by atoms with Crippen LogP contribution in [-0.4, -0.2) is 19.3 Å². The van der Waals surface area contributed by atoms with E-state index in [1.807, 2.05) is 6.92 Å². The van der Waals surface area contributed by atoms with Gasteiger partial charge in [-0.15, -0.1) is 0 Å². The minimum absolute atomic E-state index is 0.140. The van der Waals surface area contributed by atoms with Gasteiger partial charge < -0.3 is 4.52 Å². The molecule has 1 N–H and O–H groups in total. The van der Waals surface area contributed by atoms with Crippen LogP contribution in [0.1, 0.15) is 19.1 Å². The Morgan fingerprint density at radius 2 is 2.38 bits per heavy atom. The zero-order chi connectivity index (χ0) is 9.73. The lowest BCUT2D eigenvalue weighted by Gasteiger charge is -2.01. The molecule has 0 atom stereocenters. The molecule has 0 aliphatic rings. The first-order chi connectivity index (χ1) is 6.14. The summed E-state index contributed by atoms with van der Waals surface area (Å²) in [5, 5.41) is 3.46. The maximum Gasteiger partial charge on any atom is 0.211 e. The maximum atomic E-state index is 11.2. The molecule has 0 saturated heterocycles. The molecule has 0 amide bonds. The van der Waals surface area contributed by atoms with E-state index in [0.29, 0.717) is 12.2 Å². The number of sulfonamides is 1. The molecule has 5 nitrogen and oxygen atoms in total. The van der Waals surface area contributed by atoms with Gasteiger partial charge in [0.25, 0.3) is 0 Å². The predicted octanol–water partition coefficient (Wildman–Crippen LogP) is 0.504. The molecular weight excluding hydrogens is 192 g/mol. The Labute approximate surface area is 77.2 Å². The maximum absolute atomic E-state index is 11.2. The van der Waals surface area contributed by atoms with Gasteiger partial charge in [-0.3, -0.25) is 0 Å². The van der Waals surface area contributed by atoms with Crippen LogP contribution in [0.25, 0.3) is 0 Å². The van der Waals surface area contributed by atoms with Crippen molar-refractivity contribution < 1.29 is 12.9 Å². The lowest BCUT2D eigenvalue weighted by Crippen LogP contribution is -2.25. The van der Waals surface area contributed by atoms with E-state index in [1.54, 1.807) is 6.07 Å². The quantitative estimate of drug-likeness (QED) is 0.758. The Balaban J connectivity index is 2.43. The molecule has 0 aliphatic carbocycles. The fraction of sp³-hybridized carbons (Fsp3) is 0.571. The van der Waals surface area contributed by atoms with Gasteiger partial charge in [0.15, 0.2) is 5.76 Å². The predicted molar refractivity (Wildman–Crippen MR) is 47.4 cm³/mol. The zero-order valence-corrected chi connectivity index (χ0v) is 8.17. The van der Waals surface area contributed by atoms with Crippen molar-refractivity contribution in [2.45, 2.75) is 19.9 Å². The summed E-state index contributed by atoms with van der Waals surface area (Å²) in [7, 11) is -3.15. The highest BCUT2D eigenvalue weighted by molar-refractivity contribution is 7.89. The van der Waals surface area contributed by atoms with E-state index in [-0.39, 0.29) is 12.3 Å². The molecule has 0 aromatic carbocycles. The van der Waals surface area contributed by atoms with Crippen molar-refractivity contribution in [1.29, 1.82) is 0 Å². The SMILES string of the molecule is CCCS(=O)(=O)NCc1ccno1. The highest BCUT2D eigenvalue weighted by atomic mass is 32.2. The Kier molecular flexibility index (Phi) is 3.44. The molecular formula is C7H12N2O3S. The molecule has 1 heterocycles. The van der Waals surface area contributed by atoms with Crippen LogP contribution in [0.3, 0.4) is 0 Å². The second kappa shape index (κ2) is 4.38. The van der Waals surface area contributed by atoms with Crippen LogP contribution < -0.4 is 4.72 Å². The van der Waals surface area contributed by atoms with E-state index < -0.39 is 10.0 Å². The van der Waals surface area contributed by atoms with Crippen molar-refractivity contribution in [2.24, 2.45) is 0 Å². The van der Waals surface area contributed by atoms with E-state index in [2.05, 4.69) is 9.88 Å². The Morgan fingerprint density at radius 3 is 2.92 bits per heavy atom. The van der Waals surface area contributed by atoms with Crippen LogP contribution >= 0.6 is 0 Å². The van der Waals surface area contributed by atoms with Crippen molar-refractivity contribution >= 4 is 10.0 Å². The molecule has 0 saturated carbocycles. The highest BCUT2D eigenvalue weighted by Gasteiger charge is 2.08. The van der Waals surface area contributed by atoms with E-state index >= 15 is 0 Å². The normalized spacial score (nSPS) is 11.8. The monoisotopic (exact) mass is 204 g/mol. The van der Waals surface area contributed by atoms with Gasteiger partial charge in [0, 0.05) is 6.07 Å². The summed E-state index contributed by atoms with van der Waals surface area (Å²) >= 11 is 0. The average Bonchev–Trinajstić information content (AvgIpc) is 2.52. The minimum Gasteiger partial charge on any atom is -0.360 e.